The van der Waals surface area contributed by atoms with Gasteiger partial charge in [-0.05, 0) is 12.1 Å². The molecule has 0 bridgehead atoms. The average molecular weight is 239 g/mol. The quantitative estimate of drug-likeness (QED) is 0.593. The van der Waals surface area contributed by atoms with E-state index in [-0.39, 0.29) is 0 Å². The van der Waals surface area contributed by atoms with Crippen molar-refractivity contribution in [2.45, 2.75) is 0 Å². The van der Waals surface area contributed by atoms with Gasteiger partial charge in [0.15, 0.2) is 11.5 Å². The van der Waals surface area contributed by atoms with Gasteiger partial charge in [0.1, 0.15) is 0 Å². The molecule has 0 aliphatic carbocycles. The molecule has 1 aromatic rings. The lowest BCUT2D eigenvalue weighted by Crippen LogP contribution is -2.07. The third kappa shape index (κ3) is 2.43. The van der Waals surface area contributed by atoms with Gasteiger partial charge in [0, 0.05) is 7.05 Å². The molecule has 0 N–H and O–H groups in total. The van der Waals surface area contributed by atoms with Crippen molar-refractivity contribution in [2.75, 3.05) is 35.5 Å². The maximum atomic E-state index is 5.33. The van der Waals surface area contributed by atoms with E-state index in [1.54, 1.807) is 41.6 Å². The summed E-state index contributed by atoms with van der Waals surface area (Å²) in [6, 6.07) is 3.59. The molecule has 0 amide bonds. The molecule has 0 aromatic heterocycles. The van der Waals surface area contributed by atoms with Crippen LogP contribution in [0.25, 0.3) is 0 Å². The predicted molar refractivity (Wildman–Crippen MR) is 65.6 cm³/mol. The van der Waals surface area contributed by atoms with Gasteiger partial charge in [-0.15, -0.1) is 0 Å². The fourth-order valence-corrected chi connectivity index (χ4v) is 1.59. The molecule has 0 unspecified atom stereocenters. The summed E-state index contributed by atoms with van der Waals surface area (Å²) < 4.78 is 21.0. The minimum absolute atomic E-state index is 0.475. The highest BCUT2D eigenvalue weighted by molar-refractivity contribution is 5.98. The van der Waals surface area contributed by atoms with Crippen LogP contribution in [-0.4, -0.2) is 41.4 Å². The molecule has 0 radical (unpaired) electrons. The van der Waals surface area contributed by atoms with Gasteiger partial charge in [0.2, 0.25) is 11.6 Å². The molecule has 1 aromatic carbocycles. The largest absolute Gasteiger partial charge is 0.493 e. The maximum absolute atomic E-state index is 5.33. The Morgan fingerprint density at radius 2 is 1.59 bits per heavy atom. The Balaban J connectivity index is 3.43. The zero-order valence-corrected chi connectivity index (χ0v) is 10.7. The summed E-state index contributed by atoms with van der Waals surface area (Å²) in [6.07, 6.45) is 0. The first-order valence-corrected chi connectivity index (χ1v) is 5.03. The van der Waals surface area contributed by atoms with E-state index < -0.39 is 0 Å². The monoisotopic (exact) mass is 239 g/mol. The highest BCUT2D eigenvalue weighted by Crippen LogP contribution is 2.39. The Morgan fingerprint density at radius 1 is 0.941 bits per heavy atom. The molecule has 0 spiro atoms. The van der Waals surface area contributed by atoms with Gasteiger partial charge in [-0.1, -0.05) is 0 Å². The van der Waals surface area contributed by atoms with E-state index >= 15 is 0 Å². The summed E-state index contributed by atoms with van der Waals surface area (Å²) in [7, 11) is 7.89. The fourth-order valence-electron chi connectivity index (χ4n) is 1.59. The molecule has 94 valence electrons. The number of nitrogens with zero attached hydrogens (tertiary/aromatic N) is 1. The lowest BCUT2D eigenvalue weighted by atomic mass is 10.1. The summed E-state index contributed by atoms with van der Waals surface area (Å²) in [6.45, 7) is 0. The smallest absolute Gasteiger partial charge is 0.219 e. The highest BCUT2D eigenvalue weighted by atomic mass is 16.5. The van der Waals surface area contributed by atoms with Crippen LogP contribution in [0.5, 0.6) is 17.2 Å². The summed E-state index contributed by atoms with van der Waals surface area (Å²) in [4.78, 5) is 4.03. The first kappa shape index (κ1) is 13.2. The average Bonchev–Trinajstić information content (AvgIpc) is 2.39. The first-order valence-electron chi connectivity index (χ1n) is 5.03. The van der Waals surface area contributed by atoms with E-state index in [1.165, 1.54) is 0 Å². The number of hydrogen-bond acceptors (Lipinski definition) is 5. The summed E-state index contributed by atoms with van der Waals surface area (Å²) in [5, 5.41) is 0. The van der Waals surface area contributed by atoms with Gasteiger partial charge >= 0.3 is 0 Å². The second-order valence-corrected chi connectivity index (χ2v) is 3.11. The highest BCUT2D eigenvalue weighted by Gasteiger charge is 2.19. The molecule has 1 rings (SSSR count). The molecule has 0 aliphatic heterocycles. The van der Waals surface area contributed by atoms with Crippen molar-refractivity contribution in [1.29, 1.82) is 0 Å². The lowest BCUT2D eigenvalue weighted by molar-refractivity contribution is 0.322. The molecule has 0 atom stereocenters. The Hall–Kier alpha value is -1.91. The number of benzene rings is 1. The molecule has 0 saturated carbocycles. The molecule has 0 aliphatic rings. The van der Waals surface area contributed by atoms with E-state index in [9.17, 15) is 0 Å². The molecular weight excluding hydrogens is 222 g/mol. The van der Waals surface area contributed by atoms with Crippen LogP contribution in [0.3, 0.4) is 0 Å². The first-order chi connectivity index (χ1) is 8.23. The third-order valence-electron chi connectivity index (χ3n) is 2.33. The standard InChI is InChI=1S/C12H17NO4/c1-13-12(17-5)8-6-7-9(14-2)11(16-4)10(8)15-3/h6-7H,1-5H3/b13-12-. The lowest BCUT2D eigenvalue weighted by Gasteiger charge is -2.15. The minimum atomic E-state index is 0.475. The minimum Gasteiger partial charge on any atom is -0.493 e. The van der Waals surface area contributed by atoms with Crippen LogP contribution in [0.2, 0.25) is 0 Å². The fraction of sp³-hybridized carbons (Fsp3) is 0.417. The van der Waals surface area contributed by atoms with Gasteiger partial charge < -0.3 is 18.9 Å². The van der Waals surface area contributed by atoms with E-state index in [1.807, 2.05) is 6.07 Å². The summed E-state index contributed by atoms with van der Waals surface area (Å²) >= 11 is 0. The van der Waals surface area contributed by atoms with Crippen LogP contribution < -0.4 is 14.2 Å². The molecule has 5 heteroatoms. The van der Waals surface area contributed by atoms with Crippen molar-refractivity contribution in [3.05, 3.63) is 17.7 Å². The molecule has 0 saturated heterocycles. The zero-order chi connectivity index (χ0) is 12.8. The van der Waals surface area contributed by atoms with Crippen LogP contribution in [0.1, 0.15) is 5.56 Å². The van der Waals surface area contributed by atoms with Crippen LogP contribution in [0.15, 0.2) is 17.1 Å². The Morgan fingerprint density at radius 3 is 2.00 bits per heavy atom. The molecule has 17 heavy (non-hydrogen) atoms. The molecule has 0 fully saturated rings. The van der Waals surface area contributed by atoms with E-state index in [4.69, 9.17) is 18.9 Å². The molecule has 5 nitrogen and oxygen atoms in total. The number of rotatable bonds is 4. The van der Waals surface area contributed by atoms with Crippen molar-refractivity contribution in [2.24, 2.45) is 4.99 Å². The maximum Gasteiger partial charge on any atom is 0.219 e. The van der Waals surface area contributed by atoms with Crippen LogP contribution >= 0.6 is 0 Å². The SMILES string of the molecule is C/N=C(\OC)c1ccc(OC)c(OC)c1OC. The number of ether oxygens (including phenoxy) is 4. The van der Waals surface area contributed by atoms with Crippen LogP contribution in [-0.2, 0) is 4.74 Å². The normalized spacial score (nSPS) is 11.0. The van der Waals surface area contributed by atoms with Crippen molar-refractivity contribution in [3.8, 4) is 17.2 Å². The van der Waals surface area contributed by atoms with E-state index in [0.29, 0.717) is 23.1 Å². The van der Waals surface area contributed by atoms with Gasteiger partial charge in [-0.3, -0.25) is 4.99 Å². The van der Waals surface area contributed by atoms with Crippen molar-refractivity contribution >= 4 is 5.90 Å². The molecule has 0 heterocycles. The van der Waals surface area contributed by atoms with E-state index in [2.05, 4.69) is 4.99 Å². The Kier molecular flexibility index (Phi) is 4.63. The van der Waals surface area contributed by atoms with Gasteiger partial charge in [0.05, 0.1) is 34.0 Å². The number of methoxy groups -OCH3 is 4. The van der Waals surface area contributed by atoms with Crippen molar-refractivity contribution in [1.82, 2.24) is 0 Å². The van der Waals surface area contributed by atoms with Gasteiger partial charge in [-0.2, -0.15) is 0 Å². The topological polar surface area (TPSA) is 49.3 Å². The third-order valence-corrected chi connectivity index (χ3v) is 2.33. The second kappa shape index (κ2) is 5.98. The van der Waals surface area contributed by atoms with Crippen molar-refractivity contribution < 1.29 is 18.9 Å². The Bertz CT molecular complexity index is 415. The predicted octanol–water partition coefficient (Wildman–Crippen LogP) is 1.74. The second-order valence-electron chi connectivity index (χ2n) is 3.11. The van der Waals surface area contributed by atoms with Gasteiger partial charge in [-0.25, -0.2) is 0 Å². The Labute approximate surface area is 101 Å². The van der Waals surface area contributed by atoms with E-state index in [0.717, 1.165) is 5.56 Å². The number of hydrogen-bond donors (Lipinski definition) is 0. The summed E-state index contributed by atoms with van der Waals surface area (Å²) in [5.74, 6) is 2.13. The van der Waals surface area contributed by atoms with Crippen molar-refractivity contribution in [3.63, 3.8) is 0 Å². The number of aliphatic imine (C=N–C) groups is 1. The van der Waals surface area contributed by atoms with Crippen LogP contribution in [0, 0.1) is 0 Å². The van der Waals surface area contributed by atoms with Gasteiger partial charge in [0.25, 0.3) is 0 Å². The zero-order valence-electron chi connectivity index (χ0n) is 10.7. The summed E-state index contributed by atoms with van der Waals surface area (Å²) in [5.41, 5.74) is 0.718. The van der Waals surface area contributed by atoms with Crippen LogP contribution in [0.4, 0.5) is 0 Å². The molecular formula is C12H17NO4.